The van der Waals surface area contributed by atoms with Crippen molar-refractivity contribution in [2.75, 3.05) is 19.5 Å². The molecule has 0 fully saturated rings. The number of carbonyl (C=O) groups is 1. The molecule has 7 nitrogen and oxygen atoms in total. The Morgan fingerprint density at radius 2 is 1.58 bits per heavy atom. The van der Waals surface area contributed by atoms with E-state index in [4.69, 9.17) is 9.05 Å². The van der Waals surface area contributed by atoms with Crippen LogP contribution in [0.1, 0.15) is 68.3 Å². The molecule has 0 heterocycles. The van der Waals surface area contributed by atoms with E-state index in [-0.39, 0.29) is 34.6 Å². The zero-order valence-corrected chi connectivity index (χ0v) is 21.5. The minimum absolute atomic E-state index is 0.0943. The first kappa shape index (κ1) is 26.4. The van der Waals surface area contributed by atoms with Gasteiger partial charge in [-0.1, -0.05) is 63.8 Å². The summed E-state index contributed by atoms with van der Waals surface area (Å²) >= 11 is 3.23. The van der Waals surface area contributed by atoms with Crippen LogP contribution in [0.15, 0.2) is 34.8 Å². The molecule has 0 aromatic heterocycles. The van der Waals surface area contributed by atoms with E-state index in [2.05, 4.69) is 20.7 Å². The van der Waals surface area contributed by atoms with Crippen molar-refractivity contribution in [3.05, 3.63) is 46.0 Å². The number of Topliss-reactive ketones (excluding diaryl/α,β-unsaturated/α-hetero) is 1. The number of allylic oxidation sites excluding steroid dienone is 1. The van der Waals surface area contributed by atoms with Crippen molar-refractivity contribution in [1.82, 2.24) is 4.72 Å². The molecule has 1 aromatic carbocycles. The Bertz CT molecular complexity index is 948. The van der Waals surface area contributed by atoms with E-state index in [1.54, 1.807) is 24.3 Å². The number of ketones is 1. The van der Waals surface area contributed by atoms with Gasteiger partial charge < -0.3 is 9.05 Å². The summed E-state index contributed by atoms with van der Waals surface area (Å²) in [7, 11) is -8.03. The highest BCUT2D eigenvalue weighted by molar-refractivity contribution is 9.12. The lowest BCUT2D eigenvalue weighted by molar-refractivity contribution is 0.103. The van der Waals surface area contributed by atoms with Crippen LogP contribution in [0.4, 0.5) is 0 Å². The summed E-state index contributed by atoms with van der Waals surface area (Å²) < 4.78 is 53.6. The minimum Gasteiger partial charge on any atom is -0.307 e. The van der Waals surface area contributed by atoms with Gasteiger partial charge in [-0.25, -0.2) is 8.42 Å². The first-order chi connectivity index (χ1) is 14.6. The normalized spacial score (nSPS) is 19.2. The molecule has 1 N–H and O–H groups in total. The van der Waals surface area contributed by atoms with Crippen LogP contribution in [-0.4, -0.2) is 33.7 Å². The number of nitrogens with one attached hydrogen (secondary N) is 1. The molecule has 1 atom stereocenters. The second-order valence-corrected chi connectivity index (χ2v) is 12.4. The third kappa shape index (κ3) is 6.36. The number of sulfonamides is 1. The lowest BCUT2D eigenvalue weighted by atomic mass is 9.92. The Morgan fingerprint density at radius 3 is 2.10 bits per heavy atom. The van der Waals surface area contributed by atoms with Gasteiger partial charge >= 0.3 is 7.60 Å². The van der Waals surface area contributed by atoms with E-state index in [1.807, 2.05) is 13.8 Å². The SMILES string of the molecule is CCCCCOP(=O)(OCCCCC)C1(NS(C)(=O)=O)C=C(Br)C(=O)c2ccccc21. The molecule has 174 valence electrons. The van der Waals surface area contributed by atoms with Crippen molar-refractivity contribution >= 4 is 39.3 Å². The van der Waals surface area contributed by atoms with Gasteiger partial charge in [-0.2, -0.15) is 4.72 Å². The van der Waals surface area contributed by atoms with Gasteiger partial charge in [0.25, 0.3) is 0 Å². The molecular weight excluding hydrogens is 505 g/mol. The van der Waals surface area contributed by atoms with Gasteiger partial charge in [-0.3, -0.25) is 9.36 Å². The number of carbonyl (C=O) groups excluding carboxylic acids is 1. The molecule has 1 aliphatic carbocycles. The summed E-state index contributed by atoms with van der Waals surface area (Å²) in [4.78, 5) is 12.7. The van der Waals surface area contributed by atoms with E-state index < -0.39 is 22.9 Å². The Labute approximate surface area is 193 Å². The van der Waals surface area contributed by atoms with Gasteiger partial charge in [0.1, 0.15) is 0 Å². The lowest BCUT2D eigenvalue weighted by Gasteiger charge is -2.40. The van der Waals surface area contributed by atoms with Crippen molar-refractivity contribution < 1.29 is 26.8 Å². The van der Waals surface area contributed by atoms with Gasteiger partial charge in [0.05, 0.1) is 24.0 Å². The maximum absolute atomic E-state index is 14.4. The van der Waals surface area contributed by atoms with Gasteiger partial charge in [0, 0.05) is 11.1 Å². The predicted molar refractivity (Wildman–Crippen MR) is 126 cm³/mol. The van der Waals surface area contributed by atoms with Crippen LogP contribution >= 0.6 is 23.5 Å². The van der Waals surface area contributed by atoms with E-state index in [9.17, 15) is 17.8 Å². The summed E-state index contributed by atoms with van der Waals surface area (Å²) in [5, 5.41) is -1.86. The monoisotopic (exact) mass is 535 g/mol. The van der Waals surface area contributed by atoms with Gasteiger partial charge in [0.2, 0.25) is 10.0 Å². The first-order valence-electron chi connectivity index (χ1n) is 10.5. The van der Waals surface area contributed by atoms with Crippen molar-refractivity contribution in [3.8, 4) is 0 Å². The van der Waals surface area contributed by atoms with Gasteiger partial charge in [-0.15, -0.1) is 0 Å². The highest BCUT2D eigenvalue weighted by Gasteiger charge is 2.56. The van der Waals surface area contributed by atoms with Crippen LogP contribution in [0.25, 0.3) is 0 Å². The fourth-order valence-electron chi connectivity index (χ4n) is 3.43. The third-order valence-electron chi connectivity index (χ3n) is 4.93. The molecule has 0 amide bonds. The topological polar surface area (TPSA) is 98.8 Å². The summed E-state index contributed by atoms with van der Waals surface area (Å²) in [6.45, 7) is 4.37. The Hall–Kier alpha value is -0.830. The van der Waals surface area contributed by atoms with Crippen LogP contribution in [-0.2, 0) is 28.9 Å². The molecule has 1 aliphatic rings. The molecule has 0 spiro atoms. The maximum atomic E-state index is 14.4. The average molecular weight is 536 g/mol. The number of rotatable bonds is 13. The molecule has 10 heteroatoms. The molecule has 1 unspecified atom stereocenters. The van der Waals surface area contributed by atoms with Crippen LogP contribution in [0.3, 0.4) is 0 Å². The summed E-state index contributed by atoms with van der Waals surface area (Å²) in [5.41, 5.74) is 0.491. The zero-order chi connectivity index (χ0) is 23.1. The van der Waals surface area contributed by atoms with E-state index in [0.717, 1.165) is 31.9 Å². The second kappa shape index (κ2) is 11.3. The molecule has 0 aliphatic heterocycles. The second-order valence-electron chi connectivity index (χ2n) is 7.59. The number of hydrogen-bond donors (Lipinski definition) is 1. The van der Waals surface area contributed by atoms with E-state index in [0.29, 0.717) is 12.8 Å². The first-order valence-corrected chi connectivity index (χ1v) is 14.7. The fraction of sp³-hybridized carbons (Fsp3) is 0.571. The molecule has 0 saturated heterocycles. The lowest BCUT2D eigenvalue weighted by Crippen LogP contribution is -2.47. The average Bonchev–Trinajstić information content (AvgIpc) is 2.71. The predicted octanol–water partition coefficient (Wildman–Crippen LogP) is 5.47. The number of halogens is 1. The largest absolute Gasteiger partial charge is 0.360 e. The van der Waals surface area contributed by atoms with Crippen LogP contribution in [0.5, 0.6) is 0 Å². The number of unbranched alkanes of at least 4 members (excludes halogenated alkanes) is 4. The number of fused-ring (bicyclic) bond motifs is 1. The third-order valence-corrected chi connectivity index (χ3v) is 8.75. The highest BCUT2D eigenvalue weighted by Crippen LogP contribution is 2.66. The summed E-state index contributed by atoms with van der Waals surface area (Å²) in [5.74, 6) is -0.329. The summed E-state index contributed by atoms with van der Waals surface area (Å²) in [6.07, 6.45) is 7.24. The molecule has 0 saturated carbocycles. The maximum Gasteiger partial charge on any atom is 0.360 e. The quantitative estimate of drug-likeness (QED) is 0.265. The van der Waals surface area contributed by atoms with Crippen molar-refractivity contribution in [2.24, 2.45) is 0 Å². The van der Waals surface area contributed by atoms with Crippen LogP contribution < -0.4 is 4.72 Å². The van der Waals surface area contributed by atoms with Crippen LogP contribution in [0.2, 0.25) is 0 Å². The Morgan fingerprint density at radius 1 is 1.03 bits per heavy atom. The van der Waals surface area contributed by atoms with Crippen LogP contribution in [0, 0.1) is 0 Å². The van der Waals surface area contributed by atoms with Gasteiger partial charge in [-0.05, 0) is 34.8 Å². The highest BCUT2D eigenvalue weighted by atomic mass is 79.9. The minimum atomic E-state index is -4.15. The molecule has 0 radical (unpaired) electrons. The van der Waals surface area contributed by atoms with Crippen molar-refractivity contribution in [3.63, 3.8) is 0 Å². The molecule has 31 heavy (non-hydrogen) atoms. The van der Waals surface area contributed by atoms with E-state index in [1.165, 1.54) is 6.08 Å². The molecule has 2 rings (SSSR count). The fourth-order valence-corrected chi connectivity index (χ4v) is 7.84. The number of benzene rings is 1. The van der Waals surface area contributed by atoms with E-state index >= 15 is 0 Å². The standard InChI is InChI=1S/C21H31BrNO6PS/c1-4-6-10-14-28-30(25,29-15-11-7-5-2)21(23-31(3,26)27)16-19(22)20(24)17-12-8-9-13-18(17)21/h8-9,12-13,16,23H,4-7,10-11,14-15H2,1-3H3. The van der Waals surface area contributed by atoms with Crippen molar-refractivity contribution in [1.29, 1.82) is 0 Å². The Kier molecular flexibility index (Phi) is 9.67. The molecule has 0 bridgehead atoms. The zero-order valence-electron chi connectivity index (χ0n) is 18.2. The smallest absolute Gasteiger partial charge is 0.307 e. The number of hydrogen-bond acceptors (Lipinski definition) is 6. The Balaban J connectivity index is 2.65. The molecular formula is C21H31BrNO6PS. The summed E-state index contributed by atoms with van der Waals surface area (Å²) in [6, 6.07) is 6.49. The van der Waals surface area contributed by atoms with Gasteiger partial charge in [0.15, 0.2) is 11.1 Å². The van der Waals surface area contributed by atoms with Crippen molar-refractivity contribution in [2.45, 2.75) is 57.7 Å². The molecule has 1 aromatic rings.